The van der Waals surface area contributed by atoms with Crippen LogP contribution < -0.4 is 0 Å². The van der Waals surface area contributed by atoms with E-state index in [9.17, 15) is 8.42 Å². The first-order valence-electron chi connectivity index (χ1n) is 7.80. The summed E-state index contributed by atoms with van der Waals surface area (Å²) < 4.78 is 27.7. The molecule has 2 aromatic rings. The van der Waals surface area contributed by atoms with Crippen LogP contribution in [0.25, 0.3) is 10.6 Å². The second-order valence-electron chi connectivity index (χ2n) is 6.04. The molecule has 130 valence electrons. The molecule has 0 amide bonds. The summed E-state index contributed by atoms with van der Waals surface area (Å²) in [6.07, 6.45) is 5.07. The molecule has 7 nitrogen and oxygen atoms in total. The van der Waals surface area contributed by atoms with Crippen LogP contribution in [0.3, 0.4) is 0 Å². The molecule has 1 aliphatic heterocycles. The van der Waals surface area contributed by atoms with E-state index in [1.165, 1.54) is 15.6 Å². The molecule has 9 heteroatoms. The van der Waals surface area contributed by atoms with Crippen molar-refractivity contribution >= 4 is 21.5 Å². The summed E-state index contributed by atoms with van der Waals surface area (Å²) in [7, 11) is -0.281. The number of hydrogen-bond acceptors (Lipinski definition) is 6. The number of aromatic nitrogens is 3. The van der Waals surface area contributed by atoms with E-state index >= 15 is 0 Å². The molecule has 3 rings (SSSR count). The van der Waals surface area contributed by atoms with Gasteiger partial charge in [0.05, 0.1) is 21.8 Å². The van der Waals surface area contributed by atoms with Crippen LogP contribution in [-0.2, 0) is 10.2 Å². The maximum absolute atomic E-state index is 12.4. The molecule has 0 saturated carbocycles. The molecule has 0 aliphatic carbocycles. The molecule has 0 bridgehead atoms. The van der Waals surface area contributed by atoms with E-state index in [1.807, 2.05) is 6.92 Å². The van der Waals surface area contributed by atoms with Gasteiger partial charge in [-0.3, -0.25) is 9.97 Å². The maximum Gasteiger partial charge on any atom is 0.281 e. The Bertz CT molecular complexity index is 819. The van der Waals surface area contributed by atoms with Crippen molar-refractivity contribution < 1.29 is 8.42 Å². The number of nitrogens with zero attached hydrogens (tertiary/aromatic N) is 5. The van der Waals surface area contributed by atoms with Gasteiger partial charge in [-0.25, -0.2) is 4.98 Å². The minimum Gasteiger partial charge on any atom is -0.257 e. The van der Waals surface area contributed by atoms with Crippen LogP contribution in [0.2, 0.25) is 0 Å². The Labute approximate surface area is 146 Å². The SMILES string of the molecule is Cc1ncsc1-c1nccnc1C1CCCN(S(=O)(=O)N(C)C)C1. The zero-order valence-electron chi connectivity index (χ0n) is 14.0. The average Bonchev–Trinajstić information content (AvgIpc) is 3.00. The average molecular weight is 368 g/mol. The lowest BCUT2D eigenvalue weighted by atomic mass is 9.94. The zero-order chi connectivity index (χ0) is 17.3. The zero-order valence-corrected chi connectivity index (χ0v) is 15.6. The molecule has 0 radical (unpaired) electrons. The fourth-order valence-electron chi connectivity index (χ4n) is 2.96. The molecular weight excluding hydrogens is 346 g/mol. The van der Waals surface area contributed by atoms with Gasteiger partial charge in [0.25, 0.3) is 10.2 Å². The Morgan fingerprint density at radius 3 is 2.67 bits per heavy atom. The van der Waals surface area contributed by atoms with Gasteiger partial charge in [-0.15, -0.1) is 11.3 Å². The molecule has 2 aromatic heterocycles. The van der Waals surface area contributed by atoms with Crippen molar-refractivity contribution in [3.63, 3.8) is 0 Å². The van der Waals surface area contributed by atoms with Crippen LogP contribution in [0.1, 0.15) is 30.1 Å². The van der Waals surface area contributed by atoms with E-state index in [-0.39, 0.29) is 5.92 Å². The molecular formula is C15H21N5O2S2. The first-order valence-corrected chi connectivity index (χ1v) is 10.1. The van der Waals surface area contributed by atoms with E-state index in [0.29, 0.717) is 13.1 Å². The van der Waals surface area contributed by atoms with E-state index in [1.54, 1.807) is 36.3 Å². The minimum atomic E-state index is -3.41. The highest BCUT2D eigenvalue weighted by molar-refractivity contribution is 7.86. The summed E-state index contributed by atoms with van der Waals surface area (Å²) >= 11 is 1.54. The van der Waals surface area contributed by atoms with Crippen molar-refractivity contribution in [2.45, 2.75) is 25.7 Å². The van der Waals surface area contributed by atoms with Crippen molar-refractivity contribution in [1.82, 2.24) is 23.6 Å². The molecule has 0 spiro atoms. The second kappa shape index (κ2) is 6.83. The third kappa shape index (κ3) is 3.21. The summed E-state index contributed by atoms with van der Waals surface area (Å²) in [4.78, 5) is 14.4. The minimum absolute atomic E-state index is 0.0404. The fraction of sp³-hybridized carbons (Fsp3) is 0.533. The van der Waals surface area contributed by atoms with Crippen molar-refractivity contribution in [3.05, 3.63) is 29.3 Å². The van der Waals surface area contributed by atoms with Gasteiger partial charge in [-0.05, 0) is 19.8 Å². The van der Waals surface area contributed by atoms with Crippen LogP contribution in [0.4, 0.5) is 0 Å². The quantitative estimate of drug-likeness (QED) is 0.824. The number of rotatable bonds is 4. The fourth-order valence-corrected chi connectivity index (χ4v) is 4.96. The van der Waals surface area contributed by atoms with Gasteiger partial charge in [0.1, 0.15) is 5.69 Å². The Balaban J connectivity index is 1.94. The Kier molecular flexibility index (Phi) is 4.95. The van der Waals surface area contributed by atoms with Crippen LogP contribution in [0.5, 0.6) is 0 Å². The molecule has 1 aliphatic rings. The highest BCUT2D eigenvalue weighted by Crippen LogP contribution is 2.35. The number of piperidine rings is 1. The van der Waals surface area contributed by atoms with E-state index < -0.39 is 10.2 Å². The largest absolute Gasteiger partial charge is 0.281 e. The standard InChI is InChI=1S/C15H21N5O2S2/c1-11-15(23-10-18-11)14-13(16-6-7-17-14)12-5-4-8-20(9-12)24(21,22)19(2)3/h6-7,10,12H,4-5,8-9H2,1-3H3. The lowest BCUT2D eigenvalue weighted by Crippen LogP contribution is -2.45. The van der Waals surface area contributed by atoms with Crippen molar-refractivity contribution in [2.24, 2.45) is 0 Å². The smallest absolute Gasteiger partial charge is 0.257 e. The highest BCUT2D eigenvalue weighted by Gasteiger charge is 2.33. The number of hydrogen-bond donors (Lipinski definition) is 0. The normalized spacial score (nSPS) is 19.8. The van der Waals surface area contributed by atoms with Gasteiger partial charge in [0.2, 0.25) is 0 Å². The monoisotopic (exact) mass is 367 g/mol. The van der Waals surface area contributed by atoms with E-state index in [4.69, 9.17) is 0 Å². The number of aryl methyl sites for hydroxylation is 1. The van der Waals surface area contributed by atoms with Crippen LogP contribution >= 0.6 is 11.3 Å². The Hall–Kier alpha value is -1.42. The summed E-state index contributed by atoms with van der Waals surface area (Å²) in [5.74, 6) is 0.0404. The molecule has 1 fully saturated rings. The number of thiazole rings is 1. The van der Waals surface area contributed by atoms with Crippen molar-refractivity contribution in [3.8, 4) is 10.6 Å². The van der Waals surface area contributed by atoms with Gasteiger partial charge < -0.3 is 0 Å². The third-order valence-electron chi connectivity index (χ3n) is 4.25. The summed E-state index contributed by atoms with van der Waals surface area (Å²) in [5.41, 5.74) is 4.41. The van der Waals surface area contributed by atoms with Gasteiger partial charge in [0.15, 0.2) is 0 Å². The molecule has 1 unspecified atom stereocenters. The molecule has 24 heavy (non-hydrogen) atoms. The third-order valence-corrected chi connectivity index (χ3v) is 7.09. The lowest BCUT2D eigenvalue weighted by Gasteiger charge is -2.33. The summed E-state index contributed by atoms with van der Waals surface area (Å²) in [6.45, 7) is 2.93. The Morgan fingerprint density at radius 1 is 1.25 bits per heavy atom. The second-order valence-corrected chi connectivity index (χ2v) is 9.04. The van der Waals surface area contributed by atoms with Crippen LogP contribution in [0.15, 0.2) is 17.9 Å². The molecule has 3 heterocycles. The predicted molar refractivity (Wildman–Crippen MR) is 94.0 cm³/mol. The van der Waals surface area contributed by atoms with Crippen molar-refractivity contribution in [1.29, 1.82) is 0 Å². The maximum atomic E-state index is 12.4. The highest BCUT2D eigenvalue weighted by atomic mass is 32.2. The first kappa shape index (κ1) is 17.4. The van der Waals surface area contributed by atoms with Gasteiger partial charge >= 0.3 is 0 Å². The summed E-state index contributed by atoms with van der Waals surface area (Å²) in [5, 5.41) is 0. The van der Waals surface area contributed by atoms with E-state index in [0.717, 1.165) is 34.8 Å². The molecule has 1 saturated heterocycles. The summed E-state index contributed by atoms with van der Waals surface area (Å²) in [6, 6.07) is 0. The topological polar surface area (TPSA) is 79.3 Å². The lowest BCUT2D eigenvalue weighted by molar-refractivity contribution is 0.296. The molecule has 0 aromatic carbocycles. The van der Waals surface area contributed by atoms with E-state index in [2.05, 4.69) is 15.0 Å². The van der Waals surface area contributed by atoms with Gasteiger partial charge in [-0.2, -0.15) is 17.0 Å². The first-order chi connectivity index (χ1) is 11.4. The van der Waals surface area contributed by atoms with Crippen LogP contribution in [-0.4, -0.2) is 59.2 Å². The van der Waals surface area contributed by atoms with Crippen molar-refractivity contribution in [2.75, 3.05) is 27.2 Å². The van der Waals surface area contributed by atoms with Gasteiger partial charge in [-0.1, -0.05) is 0 Å². The van der Waals surface area contributed by atoms with Gasteiger partial charge in [0, 0.05) is 45.5 Å². The molecule has 0 N–H and O–H groups in total. The predicted octanol–water partition coefficient (Wildman–Crippen LogP) is 1.89. The molecule has 1 atom stereocenters. The van der Waals surface area contributed by atoms with Crippen LogP contribution in [0, 0.1) is 6.92 Å². The Morgan fingerprint density at radius 2 is 2.00 bits per heavy atom.